The third kappa shape index (κ3) is 2.07. The highest BCUT2D eigenvalue weighted by atomic mass is 35.5. The summed E-state index contributed by atoms with van der Waals surface area (Å²) in [5.41, 5.74) is 0. The van der Waals surface area contributed by atoms with Gasteiger partial charge in [0.25, 0.3) is 0 Å². The van der Waals surface area contributed by atoms with Crippen LogP contribution in [0.4, 0.5) is 11.6 Å². The molecule has 0 unspecified atom stereocenters. The van der Waals surface area contributed by atoms with Crippen molar-refractivity contribution in [3.63, 3.8) is 0 Å². The van der Waals surface area contributed by atoms with E-state index in [2.05, 4.69) is 21.8 Å². The molecule has 1 saturated heterocycles. The van der Waals surface area contributed by atoms with E-state index < -0.39 is 0 Å². The zero-order chi connectivity index (χ0) is 11.5. The Hall–Kier alpha value is -1.03. The molecule has 0 radical (unpaired) electrons. The van der Waals surface area contributed by atoms with Crippen LogP contribution in [0.3, 0.4) is 0 Å². The van der Waals surface area contributed by atoms with Gasteiger partial charge in [0, 0.05) is 26.7 Å². The molecular formula is C11H17ClN4. The van der Waals surface area contributed by atoms with E-state index in [-0.39, 0.29) is 0 Å². The van der Waals surface area contributed by atoms with Crippen molar-refractivity contribution in [1.29, 1.82) is 0 Å². The number of hydrogen-bond acceptors (Lipinski definition) is 4. The fourth-order valence-electron chi connectivity index (χ4n) is 1.92. The average Bonchev–Trinajstić information content (AvgIpc) is 2.82. The fraction of sp³-hybridized carbons (Fsp3) is 0.636. The lowest BCUT2D eigenvalue weighted by atomic mass is 10.4. The Kier molecular flexibility index (Phi) is 3.49. The molecule has 0 spiro atoms. The Morgan fingerprint density at radius 1 is 1.38 bits per heavy atom. The predicted molar refractivity (Wildman–Crippen MR) is 67.4 cm³/mol. The van der Waals surface area contributed by atoms with Gasteiger partial charge in [-0.1, -0.05) is 11.6 Å². The van der Waals surface area contributed by atoms with Gasteiger partial charge >= 0.3 is 0 Å². The van der Waals surface area contributed by atoms with E-state index >= 15 is 0 Å². The Morgan fingerprint density at radius 2 is 2.06 bits per heavy atom. The first-order valence-corrected chi connectivity index (χ1v) is 6.08. The van der Waals surface area contributed by atoms with Crippen molar-refractivity contribution in [2.45, 2.75) is 19.8 Å². The number of rotatable bonds is 3. The Bertz CT molecular complexity index is 363. The third-order valence-corrected chi connectivity index (χ3v) is 3.33. The number of nitrogens with zero attached hydrogens (tertiary/aromatic N) is 4. The summed E-state index contributed by atoms with van der Waals surface area (Å²) < 4.78 is 0. The molecule has 0 atom stereocenters. The molecule has 0 amide bonds. The highest BCUT2D eigenvalue weighted by Gasteiger charge is 2.19. The summed E-state index contributed by atoms with van der Waals surface area (Å²) in [6.45, 7) is 5.06. The lowest BCUT2D eigenvalue weighted by Crippen LogP contribution is -2.22. The topological polar surface area (TPSA) is 32.3 Å². The van der Waals surface area contributed by atoms with Crippen LogP contribution in [0, 0.1) is 0 Å². The SMILES string of the molecule is CCN(C)c1ncnc(N2CCCC2)c1Cl. The third-order valence-electron chi connectivity index (χ3n) is 2.99. The van der Waals surface area contributed by atoms with Crippen molar-refractivity contribution in [3.8, 4) is 0 Å². The zero-order valence-electron chi connectivity index (χ0n) is 9.78. The molecule has 1 aliphatic heterocycles. The van der Waals surface area contributed by atoms with Gasteiger partial charge < -0.3 is 9.80 Å². The van der Waals surface area contributed by atoms with Crippen molar-refractivity contribution in [2.75, 3.05) is 36.5 Å². The van der Waals surface area contributed by atoms with Crippen molar-refractivity contribution < 1.29 is 0 Å². The van der Waals surface area contributed by atoms with E-state index in [4.69, 9.17) is 11.6 Å². The first kappa shape index (κ1) is 11.5. The molecule has 0 saturated carbocycles. The maximum absolute atomic E-state index is 6.35. The molecule has 4 nitrogen and oxygen atoms in total. The van der Waals surface area contributed by atoms with Gasteiger partial charge in [-0.2, -0.15) is 0 Å². The summed E-state index contributed by atoms with van der Waals surface area (Å²) in [7, 11) is 1.99. The molecule has 0 aromatic carbocycles. The molecule has 2 rings (SSSR count). The van der Waals surface area contributed by atoms with Gasteiger partial charge in [-0.3, -0.25) is 0 Å². The van der Waals surface area contributed by atoms with Crippen molar-refractivity contribution in [1.82, 2.24) is 9.97 Å². The predicted octanol–water partition coefficient (Wildman–Crippen LogP) is 2.19. The summed E-state index contributed by atoms with van der Waals surface area (Å²) >= 11 is 6.35. The highest BCUT2D eigenvalue weighted by molar-refractivity contribution is 6.35. The molecule has 1 aliphatic rings. The smallest absolute Gasteiger partial charge is 0.153 e. The van der Waals surface area contributed by atoms with Crippen LogP contribution < -0.4 is 9.80 Å². The Morgan fingerprint density at radius 3 is 2.69 bits per heavy atom. The van der Waals surface area contributed by atoms with Crippen LogP contribution >= 0.6 is 11.6 Å². The van der Waals surface area contributed by atoms with E-state index in [9.17, 15) is 0 Å². The van der Waals surface area contributed by atoms with E-state index in [0.717, 1.165) is 31.3 Å². The fourth-order valence-corrected chi connectivity index (χ4v) is 2.28. The number of hydrogen-bond donors (Lipinski definition) is 0. The minimum absolute atomic E-state index is 0.675. The van der Waals surface area contributed by atoms with Gasteiger partial charge in [0.1, 0.15) is 11.3 Å². The summed E-state index contributed by atoms with van der Waals surface area (Å²) in [5.74, 6) is 1.70. The second kappa shape index (κ2) is 4.87. The van der Waals surface area contributed by atoms with Gasteiger partial charge in [-0.15, -0.1) is 0 Å². The summed E-state index contributed by atoms with van der Waals surface area (Å²) in [5, 5.41) is 0.675. The first-order valence-electron chi connectivity index (χ1n) is 5.70. The van der Waals surface area contributed by atoms with Crippen LogP contribution in [0.1, 0.15) is 19.8 Å². The number of halogens is 1. The van der Waals surface area contributed by atoms with Crippen LogP contribution in [0.2, 0.25) is 5.02 Å². The monoisotopic (exact) mass is 240 g/mol. The van der Waals surface area contributed by atoms with Crippen LogP contribution in [-0.4, -0.2) is 36.6 Å². The van der Waals surface area contributed by atoms with E-state index in [1.165, 1.54) is 12.8 Å². The molecule has 0 aliphatic carbocycles. The van der Waals surface area contributed by atoms with E-state index in [1.807, 2.05) is 11.9 Å². The second-order valence-corrected chi connectivity index (χ2v) is 4.42. The maximum Gasteiger partial charge on any atom is 0.153 e. The molecule has 2 heterocycles. The van der Waals surface area contributed by atoms with Gasteiger partial charge in [-0.05, 0) is 19.8 Å². The Balaban J connectivity index is 2.32. The van der Waals surface area contributed by atoms with E-state index in [0.29, 0.717) is 5.02 Å². The largest absolute Gasteiger partial charge is 0.359 e. The highest BCUT2D eigenvalue weighted by Crippen LogP contribution is 2.32. The first-order chi connectivity index (χ1) is 7.74. The average molecular weight is 241 g/mol. The number of aromatic nitrogens is 2. The Labute approximate surface area is 101 Å². The lowest BCUT2D eigenvalue weighted by molar-refractivity contribution is 0.897. The molecule has 88 valence electrons. The molecule has 5 heteroatoms. The number of anilines is 2. The second-order valence-electron chi connectivity index (χ2n) is 4.04. The molecule has 0 N–H and O–H groups in total. The molecular weight excluding hydrogens is 224 g/mol. The standard InChI is InChI=1S/C11H17ClN4/c1-3-15(2)10-9(12)11(14-8-13-10)16-6-4-5-7-16/h8H,3-7H2,1-2H3. The molecule has 16 heavy (non-hydrogen) atoms. The minimum Gasteiger partial charge on any atom is -0.359 e. The molecule has 1 aromatic rings. The van der Waals surface area contributed by atoms with Crippen LogP contribution in [0.15, 0.2) is 6.33 Å². The van der Waals surface area contributed by atoms with E-state index in [1.54, 1.807) is 6.33 Å². The minimum atomic E-state index is 0.675. The van der Waals surface area contributed by atoms with Gasteiger partial charge in [0.15, 0.2) is 11.6 Å². The zero-order valence-corrected chi connectivity index (χ0v) is 10.5. The molecule has 1 aromatic heterocycles. The van der Waals surface area contributed by atoms with Gasteiger partial charge in [0.05, 0.1) is 0 Å². The summed E-state index contributed by atoms with van der Waals surface area (Å²) in [6.07, 6.45) is 4.04. The quantitative estimate of drug-likeness (QED) is 0.811. The summed E-state index contributed by atoms with van der Waals surface area (Å²) in [6, 6.07) is 0. The normalized spacial score (nSPS) is 15.6. The van der Waals surface area contributed by atoms with Crippen molar-refractivity contribution in [3.05, 3.63) is 11.3 Å². The van der Waals surface area contributed by atoms with Crippen LogP contribution in [-0.2, 0) is 0 Å². The van der Waals surface area contributed by atoms with Crippen molar-refractivity contribution in [2.24, 2.45) is 0 Å². The molecule has 1 fully saturated rings. The van der Waals surface area contributed by atoms with Gasteiger partial charge in [-0.25, -0.2) is 9.97 Å². The van der Waals surface area contributed by atoms with Crippen molar-refractivity contribution >= 4 is 23.2 Å². The van der Waals surface area contributed by atoms with Gasteiger partial charge in [0.2, 0.25) is 0 Å². The summed E-state index contributed by atoms with van der Waals surface area (Å²) in [4.78, 5) is 12.8. The van der Waals surface area contributed by atoms with Crippen LogP contribution in [0.25, 0.3) is 0 Å². The van der Waals surface area contributed by atoms with Crippen LogP contribution in [0.5, 0.6) is 0 Å². The maximum atomic E-state index is 6.35. The lowest BCUT2D eigenvalue weighted by Gasteiger charge is -2.22. The molecule has 0 bridgehead atoms.